The van der Waals surface area contributed by atoms with Gasteiger partial charge in [-0.15, -0.1) is 0 Å². The molecule has 1 rings (SSSR count). The number of carbonyl (C=O) groups excluding carboxylic acids is 2. The standard InChI is InChI=1S/C12H18N2O4S/c1-12(2,3)18-9(15)7-19-11-13-6-8(14(11)4)10(16)17-5/h6H,7H2,1-5H3. The number of hydrogen-bond acceptors (Lipinski definition) is 6. The number of rotatable bonds is 4. The average Bonchev–Trinajstić information content (AvgIpc) is 2.65. The number of esters is 2. The zero-order chi connectivity index (χ0) is 14.6. The summed E-state index contributed by atoms with van der Waals surface area (Å²) in [5.41, 5.74) is -0.162. The van der Waals surface area contributed by atoms with Crippen LogP contribution in [-0.4, -0.2) is 40.0 Å². The van der Waals surface area contributed by atoms with Crippen molar-refractivity contribution >= 4 is 23.7 Å². The Balaban J connectivity index is 2.62. The topological polar surface area (TPSA) is 70.4 Å². The molecule has 7 heteroatoms. The van der Waals surface area contributed by atoms with Gasteiger partial charge in [0.05, 0.1) is 19.1 Å². The SMILES string of the molecule is COC(=O)c1cnc(SCC(=O)OC(C)(C)C)n1C. The van der Waals surface area contributed by atoms with Gasteiger partial charge in [0.1, 0.15) is 11.3 Å². The van der Waals surface area contributed by atoms with E-state index in [1.807, 2.05) is 20.8 Å². The van der Waals surface area contributed by atoms with Gasteiger partial charge in [0.25, 0.3) is 0 Å². The van der Waals surface area contributed by atoms with Crippen molar-refractivity contribution in [3.05, 3.63) is 11.9 Å². The number of thioether (sulfide) groups is 1. The number of carbonyl (C=O) groups is 2. The van der Waals surface area contributed by atoms with E-state index in [-0.39, 0.29) is 11.7 Å². The van der Waals surface area contributed by atoms with Gasteiger partial charge in [-0.05, 0) is 20.8 Å². The minimum Gasteiger partial charge on any atom is -0.464 e. The van der Waals surface area contributed by atoms with Gasteiger partial charge in [-0.3, -0.25) is 4.79 Å². The lowest BCUT2D eigenvalue weighted by molar-refractivity contribution is -0.151. The van der Waals surface area contributed by atoms with Crippen LogP contribution in [0, 0.1) is 0 Å². The Morgan fingerprint density at radius 3 is 2.58 bits per heavy atom. The lowest BCUT2D eigenvalue weighted by Gasteiger charge is -2.19. The molecule has 1 aromatic heterocycles. The van der Waals surface area contributed by atoms with Gasteiger partial charge >= 0.3 is 11.9 Å². The van der Waals surface area contributed by atoms with Crippen molar-refractivity contribution in [2.24, 2.45) is 7.05 Å². The lowest BCUT2D eigenvalue weighted by Crippen LogP contribution is -2.25. The molecule has 1 aromatic rings. The van der Waals surface area contributed by atoms with Crippen LogP contribution in [0.5, 0.6) is 0 Å². The van der Waals surface area contributed by atoms with E-state index in [1.54, 1.807) is 11.6 Å². The zero-order valence-electron chi connectivity index (χ0n) is 11.7. The summed E-state index contributed by atoms with van der Waals surface area (Å²) in [5.74, 6) is -0.637. The molecule has 19 heavy (non-hydrogen) atoms. The maximum absolute atomic E-state index is 11.6. The van der Waals surface area contributed by atoms with Crippen LogP contribution in [0.1, 0.15) is 31.3 Å². The van der Waals surface area contributed by atoms with Crippen molar-refractivity contribution < 1.29 is 19.1 Å². The fraction of sp³-hybridized carbons (Fsp3) is 0.583. The third-order valence-corrected chi connectivity index (χ3v) is 3.10. The van der Waals surface area contributed by atoms with Gasteiger partial charge in [-0.25, -0.2) is 9.78 Å². The molecule has 106 valence electrons. The van der Waals surface area contributed by atoms with Gasteiger partial charge in [0.2, 0.25) is 0 Å². The second-order valence-corrected chi connectivity index (χ2v) is 5.79. The van der Waals surface area contributed by atoms with Gasteiger partial charge in [0.15, 0.2) is 5.16 Å². The molecule has 0 aliphatic rings. The van der Waals surface area contributed by atoms with Crippen LogP contribution >= 0.6 is 11.8 Å². The molecule has 0 unspecified atom stereocenters. The fourth-order valence-corrected chi connectivity index (χ4v) is 2.04. The van der Waals surface area contributed by atoms with Gasteiger partial charge < -0.3 is 14.0 Å². The second-order valence-electron chi connectivity index (χ2n) is 4.85. The highest BCUT2D eigenvalue weighted by Crippen LogP contribution is 2.19. The number of nitrogens with zero attached hydrogens (tertiary/aromatic N) is 2. The van der Waals surface area contributed by atoms with Crippen LogP contribution in [0.25, 0.3) is 0 Å². The molecule has 0 aromatic carbocycles. The number of ether oxygens (including phenoxy) is 2. The van der Waals surface area contributed by atoms with E-state index in [0.29, 0.717) is 10.9 Å². The number of methoxy groups -OCH3 is 1. The molecule has 0 N–H and O–H groups in total. The fourth-order valence-electron chi connectivity index (χ4n) is 1.32. The molecule has 0 saturated heterocycles. The van der Waals surface area contributed by atoms with Crippen molar-refractivity contribution in [3.8, 4) is 0 Å². The Bertz CT molecular complexity index is 477. The molecule has 1 heterocycles. The van der Waals surface area contributed by atoms with Gasteiger partial charge in [-0.1, -0.05) is 11.8 Å². The van der Waals surface area contributed by atoms with E-state index in [4.69, 9.17) is 4.74 Å². The predicted octanol–water partition coefficient (Wildman–Crippen LogP) is 1.64. The summed E-state index contributed by atoms with van der Waals surface area (Å²) in [6, 6.07) is 0. The largest absolute Gasteiger partial charge is 0.464 e. The maximum Gasteiger partial charge on any atom is 0.356 e. The predicted molar refractivity (Wildman–Crippen MR) is 71.1 cm³/mol. The summed E-state index contributed by atoms with van der Waals surface area (Å²) in [4.78, 5) is 27.0. The summed E-state index contributed by atoms with van der Waals surface area (Å²) in [7, 11) is 3.00. The van der Waals surface area contributed by atoms with E-state index in [0.717, 1.165) is 0 Å². The summed E-state index contributed by atoms with van der Waals surface area (Å²) >= 11 is 1.21. The highest BCUT2D eigenvalue weighted by molar-refractivity contribution is 7.99. The molecule has 0 aliphatic heterocycles. The first-order valence-corrected chi connectivity index (χ1v) is 6.68. The molecule has 0 radical (unpaired) electrons. The molecular weight excluding hydrogens is 268 g/mol. The molecule has 0 spiro atoms. The Morgan fingerprint density at radius 2 is 2.05 bits per heavy atom. The average molecular weight is 286 g/mol. The van der Waals surface area contributed by atoms with E-state index in [9.17, 15) is 9.59 Å². The Labute approximate surface area is 116 Å². The minimum absolute atomic E-state index is 0.142. The zero-order valence-corrected chi connectivity index (χ0v) is 12.5. The molecule has 0 saturated carbocycles. The van der Waals surface area contributed by atoms with Crippen LogP contribution in [-0.2, 0) is 21.3 Å². The molecule has 0 aliphatic carbocycles. The maximum atomic E-state index is 11.6. The number of imidazole rings is 1. The monoisotopic (exact) mass is 286 g/mol. The van der Waals surface area contributed by atoms with Crippen LogP contribution in [0.3, 0.4) is 0 Å². The van der Waals surface area contributed by atoms with Crippen LogP contribution in [0.2, 0.25) is 0 Å². The molecule has 0 fully saturated rings. The van der Waals surface area contributed by atoms with E-state index in [2.05, 4.69) is 9.72 Å². The first-order valence-electron chi connectivity index (χ1n) is 5.69. The summed E-state index contributed by atoms with van der Waals surface area (Å²) in [5, 5.41) is 0.561. The third-order valence-electron chi connectivity index (χ3n) is 2.08. The normalized spacial score (nSPS) is 11.2. The van der Waals surface area contributed by atoms with Crippen molar-refractivity contribution in [3.63, 3.8) is 0 Å². The van der Waals surface area contributed by atoms with Gasteiger partial charge in [-0.2, -0.15) is 0 Å². The molecule has 6 nitrogen and oxygen atoms in total. The lowest BCUT2D eigenvalue weighted by atomic mass is 10.2. The highest BCUT2D eigenvalue weighted by atomic mass is 32.2. The second kappa shape index (κ2) is 6.10. The smallest absolute Gasteiger partial charge is 0.356 e. The van der Waals surface area contributed by atoms with Crippen molar-refractivity contribution in [2.75, 3.05) is 12.9 Å². The third kappa shape index (κ3) is 4.59. The van der Waals surface area contributed by atoms with E-state index in [1.165, 1.54) is 25.1 Å². The van der Waals surface area contributed by atoms with Crippen LogP contribution in [0.4, 0.5) is 0 Å². The molecule has 0 atom stereocenters. The molecular formula is C12H18N2O4S. The minimum atomic E-state index is -0.504. The first-order chi connectivity index (χ1) is 8.74. The van der Waals surface area contributed by atoms with Crippen molar-refractivity contribution in [1.82, 2.24) is 9.55 Å². The van der Waals surface area contributed by atoms with Gasteiger partial charge in [0, 0.05) is 7.05 Å². The van der Waals surface area contributed by atoms with Crippen LogP contribution in [0.15, 0.2) is 11.4 Å². The van der Waals surface area contributed by atoms with Crippen LogP contribution < -0.4 is 0 Å². The first kappa shape index (κ1) is 15.6. The quantitative estimate of drug-likeness (QED) is 0.619. The summed E-state index contributed by atoms with van der Waals surface area (Å²) < 4.78 is 11.4. The summed E-state index contributed by atoms with van der Waals surface area (Å²) in [6.45, 7) is 5.43. The Hall–Kier alpha value is -1.50. The van der Waals surface area contributed by atoms with Crippen molar-refractivity contribution in [2.45, 2.75) is 31.5 Å². The van der Waals surface area contributed by atoms with E-state index < -0.39 is 11.6 Å². The molecule has 0 amide bonds. The number of hydrogen-bond donors (Lipinski definition) is 0. The number of aromatic nitrogens is 2. The van der Waals surface area contributed by atoms with E-state index >= 15 is 0 Å². The Morgan fingerprint density at radius 1 is 1.42 bits per heavy atom. The van der Waals surface area contributed by atoms with Crippen molar-refractivity contribution in [1.29, 1.82) is 0 Å². The molecule has 0 bridgehead atoms. The Kier molecular flexibility index (Phi) is 4.99. The summed E-state index contributed by atoms with van der Waals surface area (Å²) in [6.07, 6.45) is 1.42. The highest BCUT2D eigenvalue weighted by Gasteiger charge is 2.19.